The van der Waals surface area contributed by atoms with Gasteiger partial charge in [0.15, 0.2) is 57.7 Å². The Hall–Kier alpha value is -12.5. The lowest BCUT2D eigenvalue weighted by atomic mass is 9.87. The molecule has 1 amide bonds. The molecule has 0 bridgehead atoms. The van der Waals surface area contributed by atoms with Gasteiger partial charge in [-0.25, -0.2) is 55.0 Å². The number of benzene rings is 8. The average Bonchev–Trinajstić information content (AvgIpc) is 1.63. The maximum absolute atomic E-state index is 12.8. The van der Waals surface area contributed by atoms with Crippen LogP contribution in [0.1, 0.15) is 73.7 Å². The Labute approximate surface area is 850 Å². The van der Waals surface area contributed by atoms with E-state index in [1.165, 1.54) is 74.4 Å². The molecule has 46 heteroatoms. The Balaban J connectivity index is 0.000000127. The smallest absolute Gasteiger partial charge is 0.410 e. The zero-order chi connectivity index (χ0) is 99.0. The van der Waals surface area contributed by atoms with Crippen LogP contribution in [-0.4, -0.2) is 167 Å². The first-order valence-electron chi connectivity index (χ1n) is 42.7. The van der Waals surface area contributed by atoms with Crippen LogP contribution in [0.15, 0.2) is 320 Å². The van der Waals surface area contributed by atoms with Gasteiger partial charge in [-0.15, -0.1) is 0 Å². The minimum atomic E-state index is -4.29. The molecule has 1 atom stereocenters. The van der Waals surface area contributed by atoms with Crippen molar-refractivity contribution in [1.29, 1.82) is 0 Å². The zero-order valence-corrected chi connectivity index (χ0v) is 86.7. The van der Waals surface area contributed by atoms with E-state index >= 15 is 0 Å². The molecular formula is C94H83Br5ClN21O14S5. The fourth-order valence-electron chi connectivity index (χ4n) is 15.2. The number of hydrogen-bond acceptors (Lipinski definition) is 27. The van der Waals surface area contributed by atoms with E-state index in [9.17, 15) is 51.4 Å². The second kappa shape index (κ2) is 43.3. The highest BCUT2D eigenvalue weighted by Gasteiger charge is 2.30. The summed E-state index contributed by atoms with van der Waals surface area (Å²) in [5.41, 5.74) is 12.9. The quantitative estimate of drug-likeness (QED) is 0.0259. The molecule has 1 saturated carbocycles. The Morgan fingerprint density at radius 2 is 0.700 bits per heavy atom. The van der Waals surface area contributed by atoms with Crippen LogP contribution >= 0.6 is 91.3 Å². The number of nitrogens with one attached hydrogen (secondary N) is 5. The topological polar surface area (TPSA) is 452 Å². The molecule has 2 fully saturated rings. The number of likely N-dealkylation sites (tertiary alicyclic amines) is 1. The van der Waals surface area contributed by atoms with E-state index < -0.39 is 49.7 Å². The lowest BCUT2D eigenvalue weighted by Gasteiger charge is -2.32. The molecule has 1 unspecified atom stereocenters. The molecule has 10 aromatic heterocycles. The van der Waals surface area contributed by atoms with Gasteiger partial charge in [-0.05, 0) is 226 Å². The van der Waals surface area contributed by atoms with E-state index in [-0.39, 0.29) is 38.2 Å². The second-order valence-corrected chi connectivity index (χ2v) is 45.7. The minimum absolute atomic E-state index is 0.0259. The van der Waals surface area contributed by atoms with E-state index in [4.69, 9.17) is 30.9 Å². The molecule has 20 rings (SSSR count). The third-order valence-electron chi connectivity index (χ3n) is 22.1. The molecule has 7 N–H and O–H groups in total. The second-order valence-electron chi connectivity index (χ2n) is 32.2. The molecule has 140 heavy (non-hydrogen) atoms. The van der Waals surface area contributed by atoms with Crippen molar-refractivity contribution in [3.63, 3.8) is 0 Å². The first-order valence-corrected chi connectivity index (χ1v) is 55.6. The van der Waals surface area contributed by atoms with Crippen molar-refractivity contribution in [3.8, 4) is 22.5 Å². The van der Waals surface area contributed by atoms with Crippen molar-refractivity contribution in [2.75, 3.05) is 58.4 Å². The molecule has 2 aliphatic rings. The summed E-state index contributed by atoms with van der Waals surface area (Å²) in [4.78, 5) is 38.2. The largest absolute Gasteiger partial charge is 0.445 e. The third-order valence-corrected chi connectivity index (χ3v) is 30.2. The number of hydrogen-bond donors (Lipinski definition) is 7. The molecule has 1 saturated heterocycles. The number of sulfone groups is 3. The highest BCUT2D eigenvalue weighted by molar-refractivity contribution is 9.11. The summed E-state index contributed by atoms with van der Waals surface area (Å²) < 4.78 is 151. The van der Waals surface area contributed by atoms with Gasteiger partial charge < -0.3 is 36.2 Å². The van der Waals surface area contributed by atoms with Crippen LogP contribution in [0.3, 0.4) is 0 Å². The SMILES string of the molecule is CS(=O)(=O)c1ccc(Nc2cc(C3CCCCC3)nc3c(Br)cnn23)cc1.CS(=O)(=O)c1ccc(Nc2cc(C3CCCN(C(=O)OCc4ccccc4)C3)nc3c(Br)cnn23)cc1.CS(=O)(=O)c1ccc(Nc2cc(Cl)nc3c(Br)cnn23)cc1.O=S(=O)(O)c1ccc(Nc2cc(-c3ccccc3)nc3c(Br)cnn23)cc1.O=S(=O)(O)c1cccc(Nc2cc(-c3ccccc3)nc3c(Br)cnn23)c1. The van der Waals surface area contributed by atoms with Crippen molar-refractivity contribution >= 4 is 233 Å². The molecule has 35 nitrogen and oxygen atoms in total. The normalized spacial score (nSPS) is 13.7. The highest BCUT2D eigenvalue weighted by Crippen LogP contribution is 2.39. The van der Waals surface area contributed by atoms with Crippen LogP contribution in [0.25, 0.3) is 50.8 Å². The van der Waals surface area contributed by atoms with Gasteiger partial charge in [0, 0.05) is 119 Å². The van der Waals surface area contributed by atoms with Gasteiger partial charge in [0.2, 0.25) is 0 Å². The van der Waals surface area contributed by atoms with E-state index in [1.807, 2.05) is 109 Å². The number of nitrogens with zero attached hydrogens (tertiary/aromatic N) is 16. The molecule has 1 aliphatic heterocycles. The summed E-state index contributed by atoms with van der Waals surface area (Å²) in [7, 11) is -18.2. The van der Waals surface area contributed by atoms with Crippen LogP contribution in [0, 0.1) is 0 Å². The summed E-state index contributed by atoms with van der Waals surface area (Å²) in [6.07, 6.45) is 19.4. The third kappa shape index (κ3) is 24.9. The molecule has 8 aromatic carbocycles. The van der Waals surface area contributed by atoms with Crippen molar-refractivity contribution in [1.82, 2.24) is 77.9 Å². The molecule has 11 heterocycles. The van der Waals surface area contributed by atoms with Gasteiger partial charge in [-0.1, -0.05) is 128 Å². The van der Waals surface area contributed by atoms with Gasteiger partial charge >= 0.3 is 6.09 Å². The van der Waals surface area contributed by atoms with Crippen molar-refractivity contribution < 1.29 is 60.7 Å². The zero-order valence-electron chi connectivity index (χ0n) is 74.0. The standard InChI is InChI=1S/C26H26BrN5O4S.C19H21BrN4O2S.2C18H13BrN4O3S.C13H10BrClN4O2S/c1-37(34,35)21-11-9-20(10-12-21)29-24-14-23(30-25-22(27)15-28-32(24)25)19-8-5-13-31(16-19)26(33)36-17-18-6-3-2-4-7-18;1-27(25,26)15-9-7-14(8-10-15)22-18-11-17(13-5-3-2-4-6-13)23-19-16(20)12-21-24(18)19;19-15-11-20-23-17(21-13-7-4-8-14(9-13)27(24,25)26)10-16(22-18(15)23)12-5-2-1-3-6-12;19-15-11-20-23-17(21-13-6-8-14(9-7-13)27(24,25)26)10-16(22-18(15)23)12-4-2-1-3-5-12;1-22(20,21)9-4-2-8(3-5-9)17-12-6-11(15)18-13-10(14)7-16-19(12)13/h2-4,6-7,9-12,14-15,19,29H,5,8,13,16-17H2,1H3;7-13,22H,2-6H2,1H3;2*1-11,21H,(H,24,25,26);2-7,17H,1H3. The van der Waals surface area contributed by atoms with Crippen LogP contribution in [0.2, 0.25) is 5.15 Å². The first-order chi connectivity index (χ1) is 66.9. The lowest BCUT2D eigenvalue weighted by molar-refractivity contribution is 0.0856. The molecule has 1 aliphatic carbocycles. The summed E-state index contributed by atoms with van der Waals surface area (Å²) in [6, 6.07) is 69.8. The number of rotatable bonds is 21. The van der Waals surface area contributed by atoms with E-state index in [2.05, 4.69) is 153 Å². The van der Waals surface area contributed by atoms with E-state index in [0.717, 1.165) is 105 Å². The van der Waals surface area contributed by atoms with Gasteiger partial charge in [0.1, 0.15) is 40.8 Å². The maximum Gasteiger partial charge on any atom is 0.410 e. The van der Waals surface area contributed by atoms with Gasteiger partial charge in [-0.3, -0.25) is 9.11 Å². The van der Waals surface area contributed by atoms with Gasteiger partial charge in [-0.2, -0.15) is 64.9 Å². The molecule has 0 spiro atoms. The number of carbonyl (C=O) groups excluding carboxylic acids is 1. The summed E-state index contributed by atoms with van der Waals surface area (Å²) in [5.74, 6) is 3.87. The van der Waals surface area contributed by atoms with Crippen molar-refractivity contribution in [2.24, 2.45) is 0 Å². The van der Waals surface area contributed by atoms with E-state index in [1.54, 1.807) is 149 Å². The van der Waals surface area contributed by atoms with Gasteiger partial charge in [0.25, 0.3) is 20.2 Å². The van der Waals surface area contributed by atoms with Crippen LogP contribution < -0.4 is 26.6 Å². The monoisotopic (exact) mass is 2320 g/mol. The Morgan fingerprint density at radius 1 is 0.364 bits per heavy atom. The number of ether oxygens (including phenoxy) is 1. The van der Waals surface area contributed by atoms with E-state index in [0.29, 0.717) is 97.7 Å². The number of aromatic nitrogens is 15. The Kier molecular flexibility index (Phi) is 31.1. The predicted octanol–water partition coefficient (Wildman–Crippen LogP) is 21.4. The number of carbonyl (C=O) groups is 1. The number of fused-ring (bicyclic) bond motifs is 5. The van der Waals surface area contributed by atoms with Gasteiger partial charge in [0.05, 0.1) is 94.9 Å². The Bertz CT molecular complexity index is 8240. The molecule has 18 aromatic rings. The summed E-state index contributed by atoms with van der Waals surface area (Å²) >= 11 is 23.3. The average molecular weight is 2330 g/mol. The lowest BCUT2D eigenvalue weighted by Crippen LogP contribution is -2.39. The van der Waals surface area contributed by atoms with Crippen LogP contribution in [0.5, 0.6) is 0 Å². The van der Waals surface area contributed by atoms with Crippen molar-refractivity contribution in [3.05, 3.63) is 318 Å². The minimum Gasteiger partial charge on any atom is -0.445 e. The summed E-state index contributed by atoms with van der Waals surface area (Å²) in [5, 5.41) is 38.2. The highest BCUT2D eigenvalue weighted by atomic mass is 79.9. The number of amides is 1. The Morgan fingerprint density at radius 3 is 1.09 bits per heavy atom. The molecular weight excluding hydrogens is 2240 g/mol. The fourth-order valence-corrected chi connectivity index (χ4v) is 20.0. The summed E-state index contributed by atoms with van der Waals surface area (Å²) in [6.45, 7) is 1.38. The fraction of sp³-hybridized carbons (Fsp3) is 0.160. The molecule has 0 radical (unpaired) electrons. The first kappa shape index (κ1) is 100. The molecule has 720 valence electrons. The van der Waals surface area contributed by atoms with Crippen molar-refractivity contribution in [2.45, 2.75) is 87.9 Å². The number of halogens is 6. The number of anilines is 10. The number of piperidine rings is 1. The predicted molar refractivity (Wildman–Crippen MR) is 553 cm³/mol. The van der Waals surface area contributed by atoms with Crippen LogP contribution in [0.4, 0.5) is 62.3 Å². The maximum atomic E-state index is 12.8. The van der Waals surface area contributed by atoms with Crippen LogP contribution in [-0.2, 0) is 61.1 Å².